The highest BCUT2D eigenvalue weighted by Crippen LogP contribution is 2.30. The lowest BCUT2D eigenvalue weighted by Gasteiger charge is -2.34. The molecule has 1 fully saturated rings. The molecule has 0 aliphatic carbocycles. The molecule has 5 rings (SSSR count). The third-order valence-electron chi connectivity index (χ3n) is 6.50. The number of rotatable bonds is 6. The fourth-order valence-corrected chi connectivity index (χ4v) is 4.83. The van der Waals surface area contributed by atoms with Crippen molar-refractivity contribution in [1.82, 2.24) is 14.4 Å². The van der Waals surface area contributed by atoms with Crippen LogP contribution in [0.2, 0.25) is 0 Å². The molecule has 3 nitrogen and oxygen atoms in total. The third kappa shape index (κ3) is 4.30. The molecule has 1 saturated heterocycles. The molecule has 4 aromatic rings. The monoisotopic (exact) mass is 409 g/mol. The van der Waals surface area contributed by atoms with E-state index in [0.29, 0.717) is 0 Å². The third-order valence-corrected chi connectivity index (χ3v) is 6.50. The van der Waals surface area contributed by atoms with Crippen LogP contribution in [0.25, 0.3) is 27.9 Å². The standard InChI is InChI=1S/C28H31N3/c1-2-31-27-13-7-6-12-25(27)26-21-24(14-15-28(26)31)22-30-19-17-29(18-20-30)16-8-11-23-9-4-3-5-10-23/h3-15,21H,2,16-20,22H2,1H3. The van der Waals surface area contributed by atoms with Gasteiger partial charge in [-0.15, -0.1) is 0 Å². The van der Waals surface area contributed by atoms with Gasteiger partial charge in [-0.25, -0.2) is 0 Å². The minimum Gasteiger partial charge on any atom is -0.341 e. The van der Waals surface area contributed by atoms with E-state index in [1.54, 1.807) is 0 Å². The Balaban J connectivity index is 1.22. The van der Waals surface area contributed by atoms with Crippen molar-refractivity contribution in [2.24, 2.45) is 0 Å². The highest BCUT2D eigenvalue weighted by Gasteiger charge is 2.17. The van der Waals surface area contributed by atoms with Gasteiger partial charge in [0, 0.05) is 67.6 Å². The van der Waals surface area contributed by atoms with Gasteiger partial charge in [-0.2, -0.15) is 0 Å². The molecule has 0 bridgehead atoms. The summed E-state index contributed by atoms with van der Waals surface area (Å²) in [4.78, 5) is 5.14. The number of piperazine rings is 1. The fourth-order valence-electron chi connectivity index (χ4n) is 4.83. The molecule has 1 aliphatic rings. The first-order chi connectivity index (χ1) is 15.3. The van der Waals surface area contributed by atoms with Gasteiger partial charge in [-0.1, -0.05) is 66.7 Å². The predicted octanol–water partition coefficient (Wildman–Crippen LogP) is 5.65. The van der Waals surface area contributed by atoms with Crippen LogP contribution >= 0.6 is 0 Å². The van der Waals surface area contributed by atoms with Crippen LogP contribution in [0.4, 0.5) is 0 Å². The van der Waals surface area contributed by atoms with Gasteiger partial charge in [0.2, 0.25) is 0 Å². The van der Waals surface area contributed by atoms with Gasteiger partial charge in [0.15, 0.2) is 0 Å². The molecule has 3 aromatic carbocycles. The van der Waals surface area contributed by atoms with Crippen molar-refractivity contribution in [3.8, 4) is 0 Å². The lowest BCUT2D eigenvalue weighted by atomic mass is 10.1. The second kappa shape index (κ2) is 9.09. The Labute approximate surface area is 185 Å². The summed E-state index contributed by atoms with van der Waals surface area (Å²) in [5.74, 6) is 0. The van der Waals surface area contributed by atoms with Crippen LogP contribution in [0.15, 0.2) is 78.9 Å². The van der Waals surface area contributed by atoms with Crippen molar-refractivity contribution >= 4 is 27.9 Å². The number of hydrogen-bond acceptors (Lipinski definition) is 2. The highest BCUT2D eigenvalue weighted by molar-refractivity contribution is 6.08. The van der Waals surface area contributed by atoms with E-state index >= 15 is 0 Å². The molecule has 0 N–H and O–H groups in total. The largest absolute Gasteiger partial charge is 0.341 e. The Bertz CT molecular complexity index is 1180. The number of aryl methyl sites for hydroxylation is 1. The van der Waals surface area contributed by atoms with E-state index in [0.717, 1.165) is 45.8 Å². The van der Waals surface area contributed by atoms with Gasteiger partial charge in [0.1, 0.15) is 0 Å². The van der Waals surface area contributed by atoms with Crippen LogP contribution in [0.5, 0.6) is 0 Å². The minimum absolute atomic E-state index is 1.00. The second-order valence-corrected chi connectivity index (χ2v) is 8.50. The van der Waals surface area contributed by atoms with E-state index in [-0.39, 0.29) is 0 Å². The topological polar surface area (TPSA) is 11.4 Å². The molecule has 0 radical (unpaired) electrons. The first kappa shape index (κ1) is 20.0. The first-order valence-electron chi connectivity index (χ1n) is 11.5. The molecule has 0 amide bonds. The van der Waals surface area contributed by atoms with E-state index in [2.05, 4.69) is 106 Å². The summed E-state index contributed by atoms with van der Waals surface area (Å²) >= 11 is 0. The molecule has 0 spiro atoms. The van der Waals surface area contributed by atoms with Crippen molar-refractivity contribution in [3.63, 3.8) is 0 Å². The van der Waals surface area contributed by atoms with E-state index in [9.17, 15) is 0 Å². The van der Waals surface area contributed by atoms with Gasteiger partial charge < -0.3 is 4.57 Å². The molecule has 1 aliphatic heterocycles. The normalized spacial score (nSPS) is 16.0. The summed E-state index contributed by atoms with van der Waals surface area (Å²) in [7, 11) is 0. The van der Waals surface area contributed by atoms with Gasteiger partial charge in [0.05, 0.1) is 0 Å². The lowest BCUT2D eigenvalue weighted by Crippen LogP contribution is -2.45. The molecule has 3 heteroatoms. The van der Waals surface area contributed by atoms with Crippen molar-refractivity contribution in [2.45, 2.75) is 20.0 Å². The number of benzene rings is 3. The van der Waals surface area contributed by atoms with Crippen LogP contribution in [-0.4, -0.2) is 47.1 Å². The van der Waals surface area contributed by atoms with E-state index in [4.69, 9.17) is 0 Å². The molecule has 1 aromatic heterocycles. The van der Waals surface area contributed by atoms with Crippen molar-refractivity contribution in [3.05, 3.63) is 90.0 Å². The average molecular weight is 410 g/mol. The highest BCUT2D eigenvalue weighted by atomic mass is 15.3. The van der Waals surface area contributed by atoms with E-state index in [1.807, 2.05) is 0 Å². The molecule has 0 atom stereocenters. The van der Waals surface area contributed by atoms with E-state index < -0.39 is 0 Å². The molecule has 0 saturated carbocycles. The molecule has 0 unspecified atom stereocenters. The minimum atomic E-state index is 1.00. The van der Waals surface area contributed by atoms with Crippen molar-refractivity contribution in [2.75, 3.05) is 32.7 Å². The number of para-hydroxylation sites is 1. The quantitative estimate of drug-likeness (QED) is 0.408. The summed E-state index contributed by atoms with van der Waals surface area (Å²) in [6.45, 7) is 9.84. The Morgan fingerprint density at radius 3 is 2.26 bits per heavy atom. The molecule has 31 heavy (non-hydrogen) atoms. The summed E-state index contributed by atoms with van der Waals surface area (Å²) in [6, 6.07) is 26.4. The van der Waals surface area contributed by atoms with Crippen LogP contribution in [0.3, 0.4) is 0 Å². The maximum atomic E-state index is 2.59. The number of aromatic nitrogens is 1. The second-order valence-electron chi connectivity index (χ2n) is 8.50. The maximum absolute atomic E-state index is 2.59. The molecular weight excluding hydrogens is 378 g/mol. The Morgan fingerprint density at radius 2 is 1.45 bits per heavy atom. The van der Waals surface area contributed by atoms with Gasteiger partial charge >= 0.3 is 0 Å². The SMILES string of the molecule is CCn1c2ccccc2c2cc(CN3CCN(CC=Cc4ccccc4)CC3)ccc21. The molecule has 2 heterocycles. The maximum Gasteiger partial charge on any atom is 0.0491 e. The Morgan fingerprint density at radius 1 is 0.742 bits per heavy atom. The van der Waals surface area contributed by atoms with Crippen LogP contribution < -0.4 is 0 Å². The summed E-state index contributed by atoms with van der Waals surface area (Å²) in [5.41, 5.74) is 5.39. The molecule has 158 valence electrons. The van der Waals surface area contributed by atoms with Crippen LogP contribution in [-0.2, 0) is 13.1 Å². The fraction of sp³-hybridized carbons (Fsp3) is 0.286. The predicted molar refractivity (Wildman–Crippen MR) is 132 cm³/mol. The van der Waals surface area contributed by atoms with Crippen LogP contribution in [0, 0.1) is 0 Å². The number of fused-ring (bicyclic) bond motifs is 3. The summed E-state index contributed by atoms with van der Waals surface area (Å²) in [5, 5.41) is 2.76. The molecular formula is C28H31N3. The van der Waals surface area contributed by atoms with Gasteiger partial charge in [-0.3, -0.25) is 9.80 Å². The van der Waals surface area contributed by atoms with Gasteiger partial charge in [-0.05, 0) is 36.2 Å². The lowest BCUT2D eigenvalue weighted by molar-refractivity contribution is 0.137. The van der Waals surface area contributed by atoms with Gasteiger partial charge in [0.25, 0.3) is 0 Å². The number of nitrogens with zero attached hydrogens (tertiary/aromatic N) is 3. The number of hydrogen-bond donors (Lipinski definition) is 0. The zero-order valence-corrected chi connectivity index (χ0v) is 18.4. The van der Waals surface area contributed by atoms with Crippen LogP contribution in [0.1, 0.15) is 18.1 Å². The average Bonchev–Trinajstić information content (AvgIpc) is 3.14. The Kier molecular flexibility index (Phi) is 5.88. The van der Waals surface area contributed by atoms with Crippen molar-refractivity contribution in [1.29, 1.82) is 0 Å². The summed E-state index contributed by atoms with van der Waals surface area (Å²) in [6.07, 6.45) is 4.52. The zero-order chi connectivity index (χ0) is 21.0. The van der Waals surface area contributed by atoms with Crippen molar-refractivity contribution < 1.29 is 0 Å². The zero-order valence-electron chi connectivity index (χ0n) is 18.4. The van der Waals surface area contributed by atoms with E-state index in [1.165, 1.54) is 32.9 Å². The Hall–Kier alpha value is -2.88. The summed E-state index contributed by atoms with van der Waals surface area (Å²) < 4.78 is 2.43. The smallest absolute Gasteiger partial charge is 0.0491 e. The first-order valence-corrected chi connectivity index (χ1v) is 11.5.